The first-order valence-electron chi connectivity index (χ1n) is 5.73. The largest absolute Gasteiger partial charge is 1.00 e. The smallest absolute Gasteiger partial charge is 0.169 e. The van der Waals surface area contributed by atoms with Crippen molar-refractivity contribution in [1.82, 2.24) is 0 Å². The van der Waals surface area contributed by atoms with E-state index in [1.807, 2.05) is 14.1 Å². The van der Waals surface area contributed by atoms with Gasteiger partial charge in [-0.3, -0.25) is 4.79 Å². The summed E-state index contributed by atoms with van der Waals surface area (Å²) in [5, 5.41) is 0. The summed E-state index contributed by atoms with van der Waals surface area (Å²) in [5.74, 6) is 1.28. The van der Waals surface area contributed by atoms with E-state index in [0.29, 0.717) is 23.5 Å². The highest BCUT2D eigenvalue weighted by Gasteiger charge is 2.16. The van der Waals surface area contributed by atoms with E-state index in [1.54, 1.807) is 26.4 Å². The Kier molecular flexibility index (Phi) is 8.06. The number of carbonyl (C=O) groups is 1. The van der Waals surface area contributed by atoms with Crippen molar-refractivity contribution >= 4 is 21.7 Å². The summed E-state index contributed by atoms with van der Waals surface area (Å²) in [4.78, 5) is 13.3. The van der Waals surface area contributed by atoms with Gasteiger partial charge in [-0.15, -0.1) is 0 Å². The summed E-state index contributed by atoms with van der Waals surface area (Å²) in [6.45, 7) is 0.805. The molecule has 0 aromatic heterocycles. The second kappa shape index (κ2) is 8.40. The third kappa shape index (κ3) is 5.01. The van der Waals surface area contributed by atoms with Crippen molar-refractivity contribution in [2.24, 2.45) is 0 Å². The molecular formula is C13H19BrClNO3. The van der Waals surface area contributed by atoms with Gasteiger partial charge in [0.1, 0.15) is 0 Å². The van der Waals surface area contributed by atoms with E-state index >= 15 is 0 Å². The quantitative estimate of drug-likeness (QED) is 0.614. The molecule has 0 aliphatic rings. The molecular weight excluding hydrogens is 334 g/mol. The Bertz CT molecular complexity index is 438. The second-order valence-electron chi connectivity index (χ2n) is 4.32. The minimum Gasteiger partial charge on any atom is -1.00 e. The standard InChI is InChI=1S/C13H18BrNO3.ClH/c1-15(2)6-5-11(16)9-7-12(17-3)13(18-4)8-10(9)14;/h7-8H,5-6H2,1-4H3;1H. The number of hydrogen-bond donors (Lipinski definition) is 1. The zero-order chi connectivity index (χ0) is 13.7. The monoisotopic (exact) mass is 351 g/mol. The molecule has 0 spiro atoms. The number of methoxy groups -OCH3 is 2. The summed E-state index contributed by atoms with van der Waals surface area (Å²) < 4.78 is 11.1. The zero-order valence-electron chi connectivity index (χ0n) is 11.5. The minimum absolute atomic E-state index is 0. The molecule has 0 atom stereocenters. The van der Waals surface area contributed by atoms with Crippen LogP contribution >= 0.6 is 15.9 Å². The highest BCUT2D eigenvalue weighted by molar-refractivity contribution is 9.10. The molecule has 1 rings (SSSR count). The molecule has 19 heavy (non-hydrogen) atoms. The first-order valence-corrected chi connectivity index (χ1v) is 6.52. The number of halogens is 2. The lowest BCUT2D eigenvalue weighted by Crippen LogP contribution is -3.05. The molecule has 4 nitrogen and oxygen atoms in total. The van der Waals surface area contributed by atoms with Gasteiger partial charge >= 0.3 is 0 Å². The Morgan fingerprint density at radius 2 is 1.74 bits per heavy atom. The molecule has 0 heterocycles. The summed E-state index contributed by atoms with van der Waals surface area (Å²) in [7, 11) is 7.18. The normalized spacial score (nSPS) is 10.0. The lowest BCUT2D eigenvalue weighted by atomic mass is 10.1. The van der Waals surface area contributed by atoms with Crippen molar-refractivity contribution < 1.29 is 31.6 Å². The molecule has 0 bridgehead atoms. The number of Topliss-reactive ketones (excluding diaryl/α,β-unsaturated/α-hetero) is 1. The van der Waals surface area contributed by atoms with E-state index in [9.17, 15) is 4.79 Å². The fourth-order valence-electron chi connectivity index (χ4n) is 1.57. The number of hydrogen-bond acceptors (Lipinski definition) is 3. The molecule has 1 aromatic carbocycles. The van der Waals surface area contributed by atoms with Gasteiger partial charge in [0.2, 0.25) is 0 Å². The van der Waals surface area contributed by atoms with E-state index in [4.69, 9.17) is 9.47 Å². The van der Waals surface area contributed by atoms with Crippen LogP contribution in [0.5, 0.6) is 11.5 Å². The SMILES string of the molecule is COc1cc(Br)c(C(=O)CC[NH+](C)C)cc1OC.[Cl-]. The average Bonchev–Trinajstić information content (AvgIpc) is 2.35. The highest BCUT2D eigenvalue weighted by atomic mass is 79.9. The molecule has 108 valence electrons. The zero-order valence-corrected chi connectivity index (χ0v) is 13.9. The predicted octanol–water partition coefficient (Wildman–Crippen LogP) is -1.81. The minimum atomic E-state index is 0. The van der Waals surface area contributed by atoms with Crippen molar-refractivity contribution in [2.75, 3.05) is 34.9 Å². The second-order valence-corrected chi connectivity index (χ2v) is 5.17. The first kappa shape index (κ1) is 18.2. The number of benzene rings is 1. The van der Waals surface area contributed by atoms with Crippen molar-refractivity contribution in [3.63, 3.8) is 0 Å². The fraction of sp³-hybridized carbons (Fsp3) is 0.462. The van der Waals surface area contributed by atoms with Gasteiger partial charge in [0, 0.05) is 10.0 Å². The molecule has 0 fully saturated rings. The Balaban J connectivity index is 0.00000324. The van der Waals surface area contributed by atoms with Crippen LogP contribution in [0.25, 0.3) is 0 Å². The molecule has 0 unspecified atom stereocenters. The summed E-state index contributed by atoms with van der Waals surface area (Å²) in [6.07, 6.45) is 0.510. The Hall–Kier alpha value is -0.780. The number of ether oxygens (including phenoxy) is 2. The van der Waals surface area contributed by atoms with Crippen molar-refractivity contribution in [2.45, 2.75) is 6.42 Å². The van der Waals surface area contributed by atoms with Gasteiger partial charge in [0.25, 0.3) is 0 Å². The van der Waals surface area contributed by atoms with Crippen molar-refractivity contribution in [1.29, 1.82) is 0 Å². The molecule has 0 saturated heterocycles. The van der Waals surface area contributed by atoms with Gasteiger partial charge < -0.3 is 26.8 Å². The van der Waals surface area contributed by atoms with Crippen LogP contribution in [-0.4, -0.2) is 40.6 Å². The van der Waals surface area contributed by atoms with Crippen LogP contribution in [0.15, 0.2) is 16.6 Å². The van der Waals surface area contributed by atoms with E-state index in [-0.39, 0.29) is 18.2 Å². The summed E-state index contributed by atoms with van der Waals surface area (Å²) in [6, 6.07) is 3.48. The van der Waals surface area contributed by atoms with Crippen molar-refractivity contribution in [3.05, 3.63) is 22.2 Å². The Labute approximate surface area is 128 Å². The van der Waals surface area contributed by atoms with E-state index in [0.717, 1.165) is 11.0 Å². The maximum Gasteiger partial charge on any atom is 0.169 e. The number of quaternary nitrogens is 1. The van der Waals surface area contributed by atoms with Gasteiger partial charge in [0.05, 0.1) is 41.3 Å². The molecule has 0 aliphatic heterocycles. The van der Waals surface area contributed by atoms with Crippen LogP contribution < -0.4 is 26.8 Å². The number of nitrogens with one attached hydrogen (secondary N) is 1. The van der Waals surface area contributed by atoms with Crippen molar-refractivity contribution in [3.8, 4) is 11.5 Å². The van der Waals surface area contributed by atoms with E-state index < -0.39 is 0 Å². The molecule has 0 aliphatic carbocycles. The predicted molar refractivity (Wildman–Crippen MR) is 73.9 cm³/mol. The lowest BCUT2D eigenvalue weighted by Gasteiger charge is -2.12. The number of rotatable bonds is 6. The van der Waals surface area contributed by atoms with E-state index in [1.165, 1.54) is 4.90 Å². The molecule has 1 aromatic rings. The third-order valence-corrected chi connectivity index (χ3v) is 3.28. The van der Waals surface area contributed by atoms with Crippen LogP contribution in [0.3, 0.4) is 0 Å². The Morgan fingerprint density at radius 3 is 2.21 bits per heavy atom. The maximum atomic E-state index is 12.1. The first-order chi connectivity index (χ1) is 8.49. The molecule has 0 saturated carbocycles. The molecule has 0 radical (unpaired) electrons. The number of ketones is 1. The van der Waals surface area contributed by atoms with Crippen LogP contribution in [-0.2, 0) is 0 Å². The topological polar surface area (TPSA) is 40.0 Å². The fourth-order valence-corrected chi connectivity index (χ4v) is 2.11. The summed E-state index contributed by atoms with van der Waals surface area (Å²) in [5.41, 5.74) is 0.633. The summed E-state index contributed by atoms with van der Waals surface area (Å²) >= 11 is 3.40. The average molecular weight is 353 g/mol. The van der Waals surface area contributed by atoms with Crippen LogP contribution in [0.1, 0.15) is 16.8 Å². The lowest BCUT2D eigenvalue weighted by molar-refractivity contribution is -0.857. The van der Waals surface area contributed by atoms with Gasteiger partial charge in [-0.1, -0.05) is 0 Å². The third-order valence-electron chi connectivity index (χ3n) is 2.63. The van der Waals surface area contributed by atoms with E-state index in [2.05, 4.69) is 15.9 Å². The molecule has 1 N–H and O–H groups in total. The van der Waals surface area contributed by atoms with Crippen LogP contribution in [0, 0.1) is 0 Å². The molecule has 0 amide bonds. The maximum absolute atomic E-state index is 12.1. The van der Waals surface area contributed by atoms with Gasteiger partial charge in [-0.05, 0) is 28.1 Å². The Morgan fingerprint density at radius 1 is 1.21 bits per heavy atom. The van der Waals surface area contributed by atoms with Crippen LogP contribution in [0.2, 0.25) is 0 Å². The van der Waals surface area contributed by atoms with Gasteiger partial charge in [0.15, 0.2) is 17.3 Å². The number of carbonyl (C=O) groups excluding carboxylic acids is 1. The highest BCUT2D eigenvalue weighted by Crippen LogP contribution is 2.33. The molecule has 6 heteroatoms. The van der Waals surface area contributed by atoms with Gasteiger partial charge in [-0.2, -0.15) is 0 Å². The van der Waals surface area contributed by atoms with Gasteiger partial charge in [-0.25, -0.2) is 0 Å². The van der Waals surface area contributed by atoms with Crippen LogP contribution in [0.4, 0.5) is 0 Å².